The number of carbonyl (C=O) groups excluding carboxylic acids is 3. The number of imidazole rings is 1. The maximum Gasteiger partial charge on any atom is 0.410 e. The molecular formula is C39H47N5O5. The molecule has 3 aromatic carbocycles. The first-order valence-electron chi connectivity index (χ1n) is 17.2. The third kappa shape index (κ3) is 8.24. The minimum absolute atomic E-state index is 0.141. The zero-order valence-electron chi connectivity index (χ0n) is 29.3. The van der Waals surface area contributed by atoms with E-state index < -0.39 is 17.3 Å². The molecule has 3 atom stereocenters. The van der Waals surface area contributed by atoms with Gasteiger partial charge in [-0.25, -0.2) is 14.6 Å². The number of hydrogen-bond donors (Lipinski definition) is 3. The van der Waals surface area contributed by atoms with Gasteiger partial charge in [-0.1, -0.05) is 36.4 Å². The Labute approximate surface area is 288 Å². The first-order chi connectivity index (χ1) is 23.2. The lowest BCUT2D eigenvalue weighted by atomic mass is 9.98. The van der Waals surface area contributed by atoms with E-state index in [0.717, 1.165) is 71.1 Å². The summed E-state index contributed by atoms with van der Waals surface area (Å²) in [7, 11) is 0. The molecule has 6 rings (SSSR count). The molecular weight excluding hydrogens is 618 g/mol. The number of nitrogens with one attached hydrogen (secondary N) is 3. The van der Waals surface area contributed by atoms with E-state index in [0.29, 0.717) is 12.1 Å². The Morgan fingerprint density at radius 1 is 0.776 bits per heavy atom. The molecule has 0 unspecified atom stereocenters. The Hall–Kier alpha value is -4.86. The summed E-state index contributed by atoms with van der Waals surface area (Å²) in [6.07, 6.45) is 5.29. The van der Waals surface area contributed by atoms with Crippen LogP contribution in [-0.2, 0) is 9.47 Å². The fraction of sp³-hybridized carbons (Fsp3) is 0.436. The molecule has 49 heavy (non-hydrogen) atoms. The number of alkyl carbamates (subject to hydrolysis) is 1. The van der Waals surface area contributed by atoms with Gasteiger partial charge in [0.25, 0.3) is 5.91 Å². The molecule has 4 aromatic rings. The summed E-state index contributed by atoms with van der Waals surface area (Å²) >= 11 is 0. The van der Waals surface area contributed by atoms with Gasteiger partial charge < -0.3 is 25.1 Å². The highest BCUT2D eigenvalue weighted by atomic mass is 16.6. The Balaban J connectivity index is 1.13. The fourth-order valence-corrected chi connectivity index (χ4v) is 6.69. The highest BCUT2D eigenvalue weighted by molar-refractivity contribution is 5.96. The number of carbonyl (C=O) groups is 3. The van der Waals surface area contributed by atoms with Crippen LogP contribution < -0.4 is 10.6 Å². The lowest BCUT2D eigenvalue weighted by Gasteiger charge is -2.27. The molecule has 1 aliphatic heterocycles. The van der Waals surface area contributed by atoms with E-state index in [1.807, 2.05) is 72.0 Å². The zero-order valence-corrected chi connectivity index (χ0v) is 29.3. The molecule has 258 valence electrons. The smallest absolute Gasteiger partial charge is 0.410 e. The molecule has 1 aromatic heterocycles. The Morgan fingerprint density at radius 3 is 2.14 bits per heavy atom. The predicted octanol–water partition coefficient (Wildman–Crippen LogP) is 8.14. The topological polar surface area (TPSA) is 126 Å². The third-order valence-electron chi connectivity index (χ3n) is 8.94. The van der Waals surface area contributed by atoms with Crippen LogP contribution in [0.25, 0.3) is 33.2 Å². The van der Waals surface area contributed by atoms with Gasteiger partial charge in [-0.2, -0.15) is 0 Å². The summed E-state index contributed by atoms with van der Waals surface area (Å²) in [5.74, 6) is 0.599. The summed E-state index contributed by atoms with van der Waals surface area (Å²) in [5.41, 5.74) is 3.28. The van der Waals surface area contributed by atoms with Crippen LogP contribution in [0.2, 0.25) is 0 Å². The van der Waals surface area contributed by atoms with Gasteiger partial charge in [0.2, 0.25) is 0 Å². The normalized spacial score (nSPS) is 19.6. The van der Waals surface area contributed by atoms with Gasteiger partial charge in [0.05, 0.1) is 24.0 Å². The minimum atomic E-state index is -0.583. The van der Waals surface area contributed by atoms with E-state index in [4.69, 9.17) is 9.47 Å². The van der Waals surface area contributed by atoms with Crippen molar-refractivity contribution in [2.45, 2.75) is 103 Å². The third-order valence-corrected chi connectivity index (χ3v) is 8.94. The van der Waals surface area contributed by atoms with Crippen LogP contribution in [0.1, 0.15) is 95.9 Å². The molecule has 3 amide bonds. The number of likely N-dealkylation sites (tertiary alicyclic amines) is 1. The minimum Gasteiger partial charge on any atom is -0.444 e. The molecule has 3 N–H and O–H groups in total. The molecule has 1 saturated carbocycles. The van der Waals surface area contributed by atoms with Crippen molar-refractivity contribution in [3.05, 3.63) is 78.2 Å². The van der Waals surface area contributed by atoms with Crippen molar-refractivity contribution in [2.75, 3.05) is 6.54 Å². The van der Waals surface area contributed by atoms with Crippen LogP contribution >= 0.6 is 0 Å². The SMILES string of the molecule is CC(C)(C)OC(=O)N[C@H]1CCC[C@@H]1NC(=O)c1cccc(-c2ccc3cc(-c4cnc([C@@H]5CCCN5C(=O)OC(C)(C)C)[nH]4)ccc3c2)c1. The molecule has 1 aliphatic carbocycles. The summed E-state index contributed by atoms with van der Waals surface area (Å²) in [6, 6.07) is 19.7. The first-order valence-corrected chi connectivity index (χ1v) is 17.2. The largest absolute Gasteiger partial charge is 0.444 e. The number of hydrogen-bond acceptors (Lipinski definition) is 6. The van der Waals surface area contributed by atoms with Crippen LogP contribution in [0.4, 0.5) is 9.59 Å². The van der Waals surface area contributed by atoms with Crippen molar-refractivity contribution >= 4 is 28.9 Å². The highest BCUT2D eigenvalue weighted by Gasteiger charge is 2.35. The Morgan fingerprint density at radius 2 is 1.43 bits per heavy atom. The predicted molar refractivity (Wildman–Crippen MR) is 190 cm³/mol. The van der Waals surface area contributed by atoms with Crippen molar-refractivity contribution in [2.24, 2.45) is 0 Å². The average Bonchev–Trinajstić information content (AvgIpc) is 3.80. The number of rotatable bonds is 6. The number of amides is 3. The monoisotopic (exact) mass is 665 g/mol. The van der Waals surface area contributed by atoms with E-state index in [9.17, 15) is 14.4 Å². The maximum atomic E-state index is 13.3. The number of aromatic amines is 1. The van der Waals surface area contributed by atoms with Gasteiger partial charge in [0, 0.05) is 23.7 Å². The summed E-state index contributed by atoms with van der Waals surface area (Å²) in [6.45, 7) is 11.8. The van der Waals surface area contributed by atoms with Crippen molar-refractivity contribution in [1.82, 2.24) is 25.5 Å². The van der Waals surface area contributed by atoms with Gasteiger partial charge >= 0.3 is 12.2 Å². The van der Waals surface area contributed by atoms with E-state index in [-0.39, 0.29) is 30.1 Å². The number of H-pyrrole nitrogens is 1. The number of ether oxygens (including phenoxy) is 2. The molecule has 1 saturated heterocycles. The van der Waals surface area contributed by atoms with E-state index >= 15 is 0 Å². The zero-order chi connectivity index (χ0) is 34.9. The Kier molecular flexibility index (Phi) is 9.42. The van der Waals surface area contributed by atoms with E-state index in [1.54, 1.807) is 4.90 Å². The quantitative estimate of drug-likeness (QED) is 0.191. The lowest BCUT2D eigenvalue weighted by Crippen LogP contribution is -2.49. The summed E-state index contributed by atoms with van der Waals surface area (Å²) in [4.78, 5) is 48.4. The molecule has 2 fully saturated rings. The molecule has 0 bridgehead atoms. The number of aromatic nitrogens is 2. The van der Waals surface area contributed by atoms with Gasteiger partial charge in [0.15, 0.2) is 0 Å². The number of nitrogens with zero attached hydrogens (tertiary/aromatic N) is 2. The van der Waals surface area contributed by atoms with Crippen molar-refractivity contribution in [3.63, 3.8) is 0 Å². The second kappa shape index (κ2) is 13.6. The van der Waals surface area contributed by atoms with Crippen molar-refractivity contribution in [3.8, 4) is 22.4 Å². The first kappa shape index (κ1) is 34.0. The van der Waals surface area contributed by atoms with Crippen LogP contribution in [0.3, 0.4) is 0 Å². The standard InChI is InChI=1S/C39H47N5O5/c1-38(2,3)48-36(46)43-31-13-8-12-30(31)42-35(45)29-11-7-10-24(22-29)25-15-16-27-21-28(18-17-26(27)20-25)32-23-40-34(41-32)33-14-9-19-44(33)37(47)49-39(4,5)6/h7,10-11,15-18,20-23,30-31,33H,8-9,12-14,19H2,1-6H3,(H,40,41)(H,42,45)(H,43,46)/t30-,31-,33-/m0/s1. The molecule has 2 heterocycles. The Bertz CT molecular complexity index is 1850. The van der Waals surface area contributed by atoms with E-state index in [1.165, 1.54) is 0 Å². The average molecular weight is 666 g/mol. The molecule has 0 spiro atoms. The second-order valence-electron chi connectivity index (χ2n) is 15.1. The van der Waals surface area contributed by atoms with Crippen LogP contribution in [0.15, 0.2) is 66.9 Å². The lowest BCUT2D eigenvalue weighted by molar-refractivity contribution is 0.0218. The van der Waals surface area contributed by atoms with Crippen molar-refractivity contribution in [1.29, 1.82) is 0 Å². The molecule has 10 heteroatoms. The maximum absolute atomic E-state index is 13.3. The highest BCUT2D eigenvalue weighted by Crippen LogP contribution is 2.34. The van der Waals surface area contributed by atoms with Gasteiger partial charge in [-0.15, -0.1) is 0 Å². The molecule has 2 aliphatic rings. The summed E-state index contributed by atoms with van der Waals surface area (Å²) < 4.78 is 11.1. The van der Waals surface area contributed by atoms with Gasteiger partial charge in [-0.05, 0) is 120 Å². The molecule has 10 nitrogen and oxygen atoms in total. The van der Waals surface area contributed by atoms with Crippen LogP contribution in [0.5, 0.6) is 0 Å². The van der Waals surface area contributed by atoms with Crippen LogP contribution in [0, 0.1) is 0 Å². The fourth-order valence-electron chi connectivity index (χ4n) is 6.69. The second-order valence-corrected chi connectivity index (χ2v) is 15.1. The summed E-state index contributed by atoms with van der Waals surface area (Å²) in [5, 5.41) is 8.22. The van der Waals surface area contributed by atoms with Gasteiger partial charge in [0.1, 0.15) is 17.0 Å². The van der Waals surface area contributed by atoms with Crippen molar-refractivity contribution < 1.29 is 23.9 Å². The van der Waals surface area contributed by atoms with Gasteiger partial charge in [-0.3, -0.25) is 9.69 Å². The van der Waals surface area contributed by atoms with Crippen LogP contribution in [-0.4, -0.2) is 62.8 Å². The van der Waals surface area contributed by atoms with E-state index in [2.05, 4.69) is 57.0 Å². The number of fused-ring (bicyclic) bond motifs is 1. The molecule has 0 radical (unpaired) electrons. The number of benzene rings is 3.